The first-order valence-electron chi connectivity index (χ1n) is 18.3. The van der Waals surface area contributed by atoms with Crippen molar-refractivity contribution in [3.63, 3.8) is 0 Å². The summed E-state index contributed by atoms with van der Waals surface area (Å²) in [5.74, 6) is -4.99. The third-order valence-corrected chi connectivity index (χ3v) is 8.19. The third-order valence-electron chi connectivity index (χ3n) is 7.68. The van der Waals surface area contributed by atoms with Crippen molar-refractivity contribution in [2.24, 2.45) is 0 Å². The van der Waals surface area contributed by atoms with Crippen LogP contribution in [0.5, 0.6) is 11.5 Å². The predicted octanol–water partition coefficient (Wildman–Crippen LogP) is 10.8. The highest BCUT2D eigenvalue weighted by Crippen LogP contribution is 2.35. The molecule has 0 bridgehead atoms. The van der Waals surface area contributed by atoms with Crippen LogP contribution in [0.15, 0.2) is 97.1 Å². The van der Waals surface area contributed by atoms with E-state index in [9.17, 15) is 58.7 Å². The summed E-state index contributed by atoms with van der Waals surface area (Å²) in [7, 11) is 0. The number of alkyl halides is 9. The van der Waals surface area contributed by atoms with E-state index in [1.165, 1.54) is 72.0 Å². The molecule has 1 amide bonds. The average molecular weight is 943 g/mol. The van der Waals surface area contributed by atoms with Gasteiger partial charge in [-0.25, -0.2) is 9.59 Å². The molecule has 4 aromatic carbocycles. The van der Waals surface area contributed by atoms with Crippen molar-refractivity contribution in [1.82, 2.24) is 5.32 Å². The van der Waals surface area contributed by atoms with E-state index in [-0.39, 0.29) is 36.5 Å². The summed E-state index contributed by atoms with van der Waals surface area (Å²) in [6.45, 7) is 3.87. The van der Waals surface area contributed by atoms with Gasteiger partial charge < -0.3 is 29.0 Å². The van der Waals surface area contributed by atoms with E-state index >= 15 is 0 Å². The Morgan fingerprint density at radius 3 is 1.40 bits per heavy atom. The molecule has 0 aliphatic rings. The van der Waals surface area contributed by atoms with Gasteiger partial charge in [-0.3, -0.25) is 9.59 Å². The van der Waals surface area contributed by atoms with Crippen LogP contribution < -0.4 is 14.8 Å². The first-order chi connectivity index (χ1) is 29.2. The molecule has 10 nitrogen and oxygen atoms in total. The summed E-state index contributed by atoms with van der Waals surface area (Å²) in [5, 5.41) is 2.24. The van der Waals surface area contributed by atoms with E-state index in [0.29, 0.717) is 21.7 Å². The summed E-state index contributed by atoms with van der Waals surface area (Å²) in [4.78, 5) is 47.6. The molecule has 0 saturated heterocycles. The summed E-state index contributed by atoms with van der Waals surface area (Å²) in [5.41, 5.74) is -2.01. The number of halogens is 11. The maximum atomic E-state index is 13.0. The second-order valence-electron chi connectivity index (χ2n) is 13.9. The Morgan fingerprint density at radius 2 is 1.02 bits per heavy atom. The molecular formula is C42H38Cl2F9NO9. The normalized spacial score (nSPS) is 12.7. The molecule has 342 valence electrons. The number of amides is 1. The molecule has 0 aromatic heterocycles. The Morgan fingerprint density at radius 1 is 0.603 bits per heavy atom. The second-order valence-corrected chi connectivity index (χ2v) is 14.8. The third kappa shape index (κ3) is 18.3. The number of rotatable bonds is 15. The van der Waals surface area contributed by atoms with Crippen LogP contribution in [0, 0.1) is 0 Å². The summed E-state index contributed by atoms with van der Waals surface area (Å²) >= 11 is 11.7. The number of nitrogens with one attached hydrogen (secondary N) is 1. The summed E-state index contributed by atoms with van der Waals surface area (Å²) in [6, 6.07) is 19.6. The number of hydrogen-bond donors (Lipinski definition) is 1. The zero-order valence-corrected chi connectivity index (χ0v) is 34.8. The van der Waals surface area contributed by atoms with E-state index in [1.54, 1.807) is 20.8 Å². The van der Waals surface area contributed by atoms with Gasteiger partial charge in [0.2, 0.25) is 12.2 Å². The Bertz CT molecular complexity index is 2140. The van der Waals surface area contributed by atoms with Gasteiger partial charge in [0, 0.05) is 27.6 Å². The molecule has 4 rings (SSSR count). The zero-order valence-electron chi connectivity index (χ0n) is 33.3. The van der Waals surface area contributed by atoms with E-state index in [0.717, 1.165) is 24.3 Å². The van der Waals surface area contributed by atoms with Gasteiger partial charge in [-0.05, 0) is 87.9 Å². The number of ether oxygens (including phenoxy) is 5. The average Bonchev–Trinajstić information content (AvgIpc) is 3.18. The Balaban J connectivity index is 0.000000335. The van der Waals surface area contributed by atoms with Crippen LogP contribution >= 0.6 is 23.2 Å². The first-order valence-corrected chi connectivity index (χ1v) is 19.1. The molecule has 0 fully saturated rings. The fourth-order valence-corrected chi connectivity index (χ4v) is 5.14. The quantitative estimate of drug-likeness (QED) is 0.0536. The molecular weight excluding hydrogens is 904 g/mol. The van der Waals surface area contributed by atoms with E-state index in [1.807, 2.05) is 0 Å². The van der Waals surface area contributed by atoms with Gasteiger partial charge >= 0.3 is 42.3 Å². The van der Waals surface area contributed by atoms with Crippen molar-refractivity contribution in [1.29, 1.82) is 0 Å². The van der Waals surface area contributed by atoms with Crippen LogP contribution in [0.4, 0.5) is 39.5 Å². The van der Waals surface area contributed by atoms with E-state index in [2.05, 4.69) is 0 Å². The molecule has 21 heteroatoms. The van der Waals surface area contributed by atoms with Crippen molar-refractivity contribution in [3.8, 4) is 11.5 Å². The number of esters is 3. The molecule has 4 aromatic rings. The first kappa shape index (κ1) is 51.7. The molecule has 2 atom stereocenters. The lowest BCUT2D eigenvalue weighted by molar-refractivity contribution is -0.174. The van der Waals surface area contributed by atoms with Crippen LogP contribution in [0.25, 0.3) is 0 Å². The van der Waals surface area contributed by atoms with Crippen molar-refractivity contribution in [2.75, 3.05) is 19.8 Å². The van der Waals surface area contributed by atoms with Crippen molar-refractivity contribution in [2.45, 2.75) is 70.0 Å². The number of benzene rings is 4. The number of carbonyl (C=O) groups excluding carboxylic acids is 4. The highest BCUT2D eigenvalue weighted by Gasteiger charge is 2.38. The van der Waals surface area contributed by atoms with Crippen LogP contribution in [-0.4, -0.2) is 55.4 Å². The molecule has 0 aliphatic heterocycles. The molecule has 0 radical (unpaired) electrons. The zero-order chi connectivity index (χ0) is 47.2. The maximum absolute atomic E-state index is 13.0. The lowest BCUT2D eigenvalue weighted by Gasteiger charge is -2.20. The van der Waals surface area contributed by atoms with E-state index < -0.39 is 84.4 Å². The van der Waals surface area contributed by atoms with Crippen LogP contribution in [-0.2, 0) is 45.7 Å². The van der Waals surface area contributed by atoms with Gasteiger partial charge in [-0.2, -0.15) is 39.5 Å². The number of hydrogen-bond acceptors (Lipinski definition) is 9. The molecule has 0 saturated carbocycles. The minimum Gasteiger partial charge on any atom is -0.474 e. The van der Waals surface area contributed by atoms with Crippen LogP contribution in [0.1, 0.15) is 68.1 Å². The fourth-order valence-electron chi connectivity index (χ4n) is 4.89. The van der Waals surface area contributed by atoms with E-state index in [4.69, 9.17) is 46.9 Å². The van der Waals surface area contributed by atoms with Gasteiger partial charge in [0.25, 0.3) is 0 Å². The van der Waals surface area contributed by atoms with Crippen molar-refractivity contribution < 1.29 is 82.4 Å². The Kier molecular flexibility index (Phi) is 18.5. The van der Waals surface area contributed by atoms with Gasteiger partial charge in [0.15, 0.2) is 0 Å². The Labute approximate surface area is 364 Å². The van der Waals surface area contributed by atoms with Crippen molar-refractivity contribution in [3.05, 3.63) is 129 Å². The topological polar surface area (TPSA) is 126 Å². The van der Waals surface area contributed by atoms with Gasteiger partial charge in [-0.15, -0.1) is 0 Å². The minimum absolute atomic E-state index is 0.0463. The molecule has 1 N–H and O–H groups in total. The minimum atomic E-state index is -5.09. The summed E-state index contributed by atoms with van der Waals surface area (Å²) < 4.78 is 140. The smallest absolute Gasteiger partial charge is 0.471 e. The fraction of sp³-hybridized carbons (Fsp3) is 0.333. The van der Waals surface area contributed by atoms with Gasteiger partial charge in [0.1, 0.15) is 23.7 Å². The van der Waals surface area contributed by atoms with Crippen LogP contribution in [0.3, 0.4) is 0 Å². The van der Waals surface area contributed by atoms with Crippen LogP contribution in [0.2, 0.25) is 10.0 Å². The second kappa shape index (κ2) is 22.6. The molecule has 0 heterocycles. The molecule has 63 heavy (non-hydrogen) atoms. The number of carbonyl (C=O) groups is 4. The molecule has 0 spiro atoms. The highest BCUT2D eigenvalue weighted by atomic mass is 35.5. The van der Waals surface area contributed by atoms with Crippen molar-refractivity contribution >= 4 is 47.0 Å². The standard InChI is InChI=1S/C23H24ClF3O5.C19H14ClF6NO4/c1-22(2,3)32-19(28)8-5-13-30-21(29)20(15-9-11-17(24)12-10-15)31-18-7-4-6-16(14-18)23(25,26)27;20-13-6-4-11(5-7-13)15(16(28)30-9-8-27-17(29)19(24,25)26)31-14-3-1-2-12(10-14)18(21,22)23/h4,6-7,9-12,14,20H,5,8,13H2,1-3H3;1-7,10,15H,8-9H2,(H,27,29)/t20-;15-/m11/s1. The largest absolute Gasteiger partial charge is 0.474 e. The monoisotopic (exact) mass is 941 g/mol. The summed E-state index contributed by atoms with van der Waals surface area (Å²) in [6.07, 6.45) is -16.9. The maximum Gasteiger partial charge on any atom is 0.471 e. The van der Waals surface area contributed by atoms with Gasteiger partial charge in [-0.1, -0.05) is 59.6 Å². The lowest BCUT2D eigenvalue weighted by atomic mass is 10.1. The Hall–Kier alpha value is -5.69. The van der Waals surface area contributed by atoms with Gasteiger partial charge in [0.05, 0.1) is 24.3 Å². The highest BCUT2D eigenvalue weighted by molar-refractivity contribution is 6.30. The SMILES string of the molecule is CC(C)(C)OC(=O)CCCOC(=O)[C@H](Oc1cccc(C(F)(F)F)c1)c1ccc(Cl)cc1.O=C(OCCNC(=O)C(F)(F)F)[C@H](Oc1cccc(C(F)(F)F)c1)c1ccc(Cl)cc1. The predicted molar refractivity (Wildman–Crippen MR) is 209 cm³/mol. The molecule has 0 unspecified atom stereocenters. The molecule has 0 aliphatic carbocycles. The lowest BCUT2D eigenvalue weighted by Crippen LogP contribution is -2.39.